The lowest BCUT2D eigenvalue weighted by Gasteiger charge is -2.31. The van der Waals surface area contributed by atoms with Crippen LogP contribution in [0.1, 0.15) is 40.2 Å². The Bertz CT molecular complexity index is 697. The van der Waals surface area contributed by atoms with E-state index in [1.165, 1.54) is 0 Å². The summed E-state index contributed by atoms with van der Waals surface area (Å²) in [6, 6.07) is 10.6. The van der Waals surface area contributed by atoms with Crippen LogP contribution >= 0.6 is 0 Å². The molecule has 1 saturated heterocycles. The van der Waals surface area contributed by atoms with E-state index in [9.17, 15) is 4.79 Å². The van der Waals surface area contributed by atoms with Gasteiger partial charge in [-0.2, -0.15) is 5.10 Å². The molecular formula is C19H26N4O. The van der Waals surface area contributed by atoms with Crippen LogP contribution in [0, 0.1) is 13.8 Å². The number of hydrogen-bond donors (Lipinski definition) is 1. The Kier molecular flexibility index (Phi) is 5.00. The number of hydrogen-bond acceptors (Lipinski definition) is 3. The maximum Gasteiger partial charge on any atom is 0.253 e. The summed E-state index contributed by atoms with van der Waals surface area (Å²) in [4.78, 5) is 14.6. The molecular weight excluding hydrogens is 300 g/mol. The fraction of sp³-hybridized carbons (Fsp3) is 0.474. The molecule has 1 fully saturated rings. The first-order valence-electron chi connectivity index (χ1n) is 8.63. The van der Waals surface area contributed by atoms with Crippen molar-refractivity contribution in [1.29, 1.82) is 0 Å². The highest BCUT2D eigenvalue weighted by Crippen LogP contribution is 2.15. The van der Waals surface area contributed by atoms with Crippen LogP contribution in [0.2, 0.25) is 0 Å². The smallest absolute Gasteiger partial charge is 0.253 e. The second-order valence-electron chi connectivity index (χ2n) is 6.64. The third kappa shape index (κ3) is 3.67. The van der Waals surface area contributed by atoms with Crippen LogP contribution in [0.4, 0.5) is 0 Å². The normalized spacial score (nSPS) is 15.7. The van der Waals surface area contributed by atoms with Crippen molar-refractivity contribution in [2.75, 3.05) is 20.1 Å². The monoisotopic (exact) mass is 326 g/mol. The van der Waals surface area contributed by atoms with Crippen molar-refractivity contribution in [1.82, 2.24) is 20.0 Å². The molecule has 5 nitrogen and oxygen atoms in total. The van der Waals surface area contributed by atoms with Gasteiger partial charge < -0.3 is 10.2 Å². The van der Waals surface area contributed by atoms with Gasteiger partial charge in [0.05, 0.1) is 12.2 Å². The first-order chi connectivity index (χ1) is 11.6. The summed E-state index contributed by atoms with van der Waals surface area (Å²) >= 11 is 0. The van der Waals surface area contributed by atoms with E-state index in [0.29, 0.717) is 6.04 Å². The molecule has 0 atom stereocenters. The standard InChI is InChI=1S/C19H26N4O/c1-14-12-15(2)23(21-14)13-16-4-6-17(7-5-16)19(24)22-10-8-18(20-3)9-11-22/h4-7,12,18,20H,8-11,13H2,1-3H3. The lowest BCUT2D eigenvalue weighted by molar-refractivity contribution is 0.0707. The summed E-state index contributed by atoms with van der Waals surface area (Å²) in [6.45, 7) is 6.46. The van der Waals surface area contributed by atoms with Crippen LogP contribution in [-0.4, -0.2) is 46.8 Å². The van der Waals surface area contributed by atoms with E-state index in [-0.39, 0.29) is 5.91 Å². The van der Waals surface area contributed by atoms with Gasteiger partial charge >= 0.3 is 0 Å². The number of nitrogens with one attached hydrogen (secondary N) is 1. The maximum absolute atomic E-state index is 12.6. The molecule has 2 aromatic rings. The predicted molar refractivity (Wildman–Crippen MR) is 95.2 cm³/mol. The molecule has 0 radical (unpaired) electrons. The van der Waals surface area contributed by atoms with Crippen molar-refractivity contribution in [2.45, 2.75) is 39.3 Å². The summed E-state index contributed by atoms with van der Waals surface area (Å²) < 4.78 is 1.99. The van der Waals surface area contributed by atoms with Crippen LogP contribution in [0.5, 0.6) is 0 Å². The summed E-state index contributed by atoms with van der Waals surface area (Å²) in [5.41, 5.74) is 4.12. The molecule has 1 N–H and O–H groups in total. The molecule has 1 aromatic carbocycles. The molecule has 1 aromatic heterocycles. The van der Waals surface area contributed by atoms with Crippen LogP contribution in [-0.2, 0) is 6.54 Å². The van der Waals surface area contributed by atoms with E-state index >= 15 is 0 Å². The predicted octanol–water partition coefficient (Wildman–Crippen LogP) is 2.37. The van der Waals surface area contributed by atoms with E-state index in [1.54, 1.807) is 0 Å². The summed E-state index contributed by atoms with van der Waals surface area (Å²) in [7, 11) is 1.99. The van der Waals surface area contributed by atoms with Crippen molar-refractivity contribution in [2.24, 2.45) is 0 Å². The number of nitrogens with zero attached hydrogens (tertiary/aromatic N) is 3. The molecule has 1 aliphatic heterocycles. The van der Waals surface area contributed by atoms with Gasteiger partial charge in [0.2, 0.25) is 0 Å². The first-order valence-corrected chi connectivity index (χ1v) is 8.63. The number of carbonyl (C=O) groups excluding carboxylic acids is 1. The number of carbonyl (C=O) groups is 1. The Morgan fingerprint density at radius 2 is 1.88 bits per heavy atom. The number of likely N-dealkylation sites (tertiary alicyclic amines) is 1. The lowest BCUT2D eigenvalue weighted by atomic mass is 10.0. The number of aryl methyl sites for hydroxylation is 2. The van der Waals surface area contributed by atoms with Gasteiger partial charge in [-0.1, -0.05) is 12.1 Å². The van der Waals surface area contributed by atoms with Crippen LogP contribution in [0.25, 0.3) is 0 Å². The van der Waals surface area contributed by atoms with Crippen LogP contribution < -0.4 is 5.32 Å². The van der Waals surface area contributed by atoms with Gasteiger partial charge in [0.1, 0.15) is 0 Å². The molecule has 0 spiro atoms. The average Bonchev–Trinajstić information content (AvgIpc) is 2.92. The third-order valence-corrected chi connectivity index (χ3v) is 4.83. The van der Waals surface area contributed by atoms with E-state index in [2.05, 4.69) is 23.4 Å². The van der Waals surface area contributed by atoms with E-state index in [0.717, 1.165) is 55.0 Å². The quantitative estimate of drug-likeness (QED) is 0.938. The van der Waals surface area contributed by atoms with Crippen molar-refractivity contribution < 1.29 is 4.79 Å². The molecule has 1 amide bonds. The van der Waals surface area contributed by atoms with Crippen LogP contribution in [0.15, 0.2) is 30.3 Å². The highest BCUT2D eigenvalue weighted by atomic mass is 16.2. The topological polar surface area (TPSA) is 50.2 Å². The zero-order valence-corrected chi connectivity index (χ0v) is 14.7. The largest absolute Gasteiger partial charge is 0.339 e. The SMILES string of the molecule is CNC1CCN(C(=O)c2ccc(Cn3nc(C)cc3C)cc2)CC1. The van der Waals surface area contributed by atoms with Gasteiger partial charge in [0.15, 0.2) is 0 Å². The van der Waals surface area contributed by atoms with Crippen molar-refractivity contribution in [3.05, 3.63) is 52.8 Å². The average molecular weight is 326 g/mol. The molecule has 3 rings (SSSR count). The summed E-state index contributed by atoms with van der Waals surface area (Å²) in [5, 5.41) is 7.78. The number of rotatable bonds is 4. The zero-order valence-electron chi connectivity index (χ0n) is 14.7. The van der Waals surface area contributed by atoms with Crippen molar-refractivity contribution in [3.63, 3.8) is 0 Å². The number of piperidine rings is 1. The second kappa shape index (κ2) is 7.18. The second-order valence-corrected chi connectivity index (χ2v) is 6.64. The Morgan fingerprint density at radius 3 is 2.42 bits per heavy atom. The minimum Gasteiger partial charge on any atom is -0.339 e. The highest BCUT2D eigenvalue weighted by Gasteiger charge is 2.22. The Labute approximate surface area is 143 Å². The molecule has 5 heteroatoms. The molecule has 2 heterocycles. The Morgan fingerprint density at radius 1 is 1.21 bits per heavy atom. The summed E-state index contributed by atoms with van der Waals surface area (Å²) in [5.74, 6) is 0.141. The third-order valence-electron chi connectivity index (χ3n) is 4.83. The molecule has 0 aliphatic carbocycles. The minimum atomic E-state index is 0.141. The van der Waals surface area contributed by atoms with Crippen molar-refractivity contribution in [3.8, 4) is 0 Å². The molecule has 1 aliphatic rings. The molecule has 128 valence electrons. The molecule has 0 unspecified atom stereocenters. The molecule has 24 heavy (non-hydrogen) atoms. The van der Waals surface area contributed by atoms with Gasteiger partial charge in [-0.3, -0.25) is 9.48 Å². The van der Waals surface area contributed by atoms with Crippen LogP contribution in [0.3, 0.4) is 0 Å². The highest BCUT2D eigenvalue weighted by molar-refractivity contribution is 5.94. The van der Waals surface area contributed by atoms with Gasteiger partial charge in [0, 0.05) is 30.4 Å². The first kappa shape index (κ1) is 16.7. The van der Waals surface area contributed by atoms with Gasteiger partial charge in [-0.15, -0.1) is 0 Å². The Balaban J connectivity index is 1.64. The van der Waals surface area contributed by atoms with E-state index in [4.69, 9.17) is 0 Å². The van der Waals surface area contributed by atoms with Gasteiger partial charge in [-0.25, -0.2) is 0 Å². The molecule has 0 bridgehead atoms. The molecule has 0 saturated carbocycles. The number of benzene rings is 1. The van der Waals surface area contributed by atoms with E-state index < -0.39 is 0 Å². The van der Waals surface area contributed by atoms with E-state index in [1.807, 2.05) is 47.8 Å². The zero-order chi connectivity index (χ0) is 17.1. The Hall–Kier alpha value is -2.14. The fourth-order valence-electron chi connectivity index (χ4n) is 3.31. The number of aromatic nitrogens is 2. The fourth-order valence-corrected chi connectivity index (χ4v) is 3.31. The minimum absolute atomic E-state index is 0.141. The number of amides is 1. The van der Waals surface area contributed by atoms with Crippen molar-refractivity contribution >= 4 is 5.91 Å². The van der Waals surface area contributed by atoms with Gasteiger partial charge in [0.25, 0.3) is 5.91 Å². The lowest BCUT2D eigenvalue weighted by Crippen LogP contribution is -2.43. The van der Waals surface area contributed by atoms with Gasteiger partial charge in [-0.05, 0) is 57.5 Å². The summed E-state index contributed by atoms with van der Waals surface area (Å²) in [6.07, 6.45) is 2.05. The maximum atomic E-state index is 12.6.